The smallest absolute Gasteiger partial charge is 0.219 e. The summed E-state index contributed by atoms with van der Waals surface area (Å²) in [5.41, 5.74) is 2.08. The van der Waals surface area contributed by atoms with Gasteiger partial charge in [-0.15, -0.1) is 0 Å². The minimum absolute atomic E-state index is 0.292. The lowest BCUT2D eigenvalue weighted by Crippen LogP contribution is -1.94. The topological polar surface area (TPSA) is 17.8 Å². The molecule has 1 aromatic heterocycles. The summed E-state index contributed by atoms with van der Waals surface area (Å²) in [5.74, 6) is -0.292. The van der Waals surface area contributed by atoms with E-state index in [1.54, 1.807) is 14.0 Å². The van der Waals surface area contributed by atoms with Gasteiger partial charge in [-0.2, -0.15) is 9.49 Å². The summed E-state index contributed by atoms with van der Waals surface area (Å²) in [6.45, 7) is 7.46. The SMILES string of the molecule is C=C(C)c1c(CC)nn(C)c1F. The Bertz CT molecular complexity index is 313. The first kappa shape index (κ1) is 8.97. The van der Waals surface area contributed by atoms with Crippen molar-refractivity contribution in [3.8, 4) is 0 Å². The van der Waals surface area contributed by atoms with Crippen molar-refractivity contribution in [3.63, 3.8) is 0 Å². The second-order valence-corrected chi connectivity index (χ2v) is 2.87. The fourth-order valence-electron chi connectivity index (χ4n) is 1.23. The van der Waals surface area contributed by atoms with E-state index in [9.17, 15) is 4.39 Å². The van der Waals surface area contributed by atoms with Crippen molar-refractivity contribution in [3.05, 3.63) is 23.8 Å². The molecule has 0 aliphatic heterocycles. The Hall–Kier alpha value is -1.12. The summed E-state index contributed by atoms with van der Waals surface area (Å²) < 4.78 is 14.6. The van der Waals surface area contributed by atoms with Gasteiger partial charge in [0.1, 0.15) is 0 Å². The first-order valence-corrected chi connectivity index (χ1v) is 3.95. The standard InChI is InChI=1S/C9H13FN2/c1-5-7-8(6(2)3)9(10)12(4)11-7/h2,5H2,1,3-4H3. The fourth-order valence-corrected chi connectivity index (χ4v) is 1.23. The number of aromatic nitrogens is 2. The second-order valence-electron chi connectivity index (χ2n) is 2.87. The first-order valence-electron chi connectivity index (χ1n) is 3.95. The van der Waals surface area contributed by atoms with Crippen LogP contribution in [0.25, 0.3) is 5.57 Å². The minimum atomic E-state index is -0.292. The van der Waals surface area contributed by atoms with Crippen LogP contribution >= 0.6 is 0 Å². The molecule has 0 spiro atoms. The highest BCUT2D eigenvalue weighted by Crippen LogP contribution is 2.20. The Morgan fingerprint density at radius 3 is 2.58 bits per heavy atom. The highest BCUT2D eigenvalue weighted by molar-refractivity contribution is 5.63. The van der Waals surface area contributed by atoms with E-state index in [1.807, 2.05) is 6.92 Å². The van der Waals surface area contributed by atoms with E-state index >= 15 is 0 Å². The molecule has 3 heteroatoms. The molecule has 1 aromatic rings. The number of hydrogen-bond acceptors (Lipinski definition) is 1. The molecule has 0 bridgehead atoms. The zero-order valence-electron chi connectivity index (χ0n) is 7.69. The average molecular weight is 168 g/mol. The lowest BCUT2D eigenvalue weighted by Gasteiger charge is -1.96. The molecule has 0 saturated heterocycles. The molecule has 2 nitrogen and oxygen atoms in total. The lowest BCUT2D eigenvalue weighted by molar-refractivity contribution is 0.501. The average Bonchev–Trinajstić information content (AvgIpc) is 2.28. The van der Waals surface area contributed by atoms with Crippen LogP contribution in [0, 0.1) is 5.95 Å². The van der Waals surface area contributed by atoms with Crippen LogP contribution in [0.3, 0.4) is 0 Å². The van der Waals surface area contributed by atoms with Gasteiger partial charge in [0.05, 0.1) is 11.3 Å². The van der Waals surface area contributed by atoms with Crippen LogP contribution in [0.5, 0.6) is 0 Å². The van der Waals surface area contributed by atoms with Crippen LogP contribution in [0.15, 0.2) is 6.58 Å². The monoisotopic (exact) mass is 168 g/mol. The third-order valence-electron chi connectivity index (χ3n) is 1.81. The van der Waals surface area contributed by atoms with E-state index < -0.39 is 0 Å². The third kappa shape index (κ3) is 1.26. The summed E-state index contributed by atoms with van der Waals surface area (Å²) in [7, 11) is 1.60. The highest BCUT2D eigenvalue weighted by Gasteiger charge is 2.14. The number of rotatable bonds is 2. The quantitative estimate of drug-likeness (QED) is 0.661. The van der Waals surface area contributed by atoms with Crippen LogP contribution in [0.2, 0.25) is 0 Å². The molecule has 1 heterocycles. The molecule has 0 N–H and O–H groups in total. The molecule has 0 radical (unpaired) electrons. The number of aryl methyl sites for hydroxylation is 2. The largest absolute Gasteiger partial charge is 0.242 e. The summed E-state index contributed by atoms with van der Waals surface area (Å²) in [5, 5.41) is 4.03. The van der Waals surface area contributed by atoms with E-state index in [-0.39, 0.29) is 5.95 Å². The number of halogens is 1. The Morgan fingerprint density at radius 1 is 1.67 bits per heavy atom. The maximum atomic E-state index is 13.3. The number of allylic oxidation sites excluding steroid dienone is 1. The van der Waals surface area contributed by atoms with Crippen LogP contribution < -0.4 is 0 Å². The molecular weight excluding hydrogens is 155 g/mol. The summed E-state index contributed by atoms with van der Waals surface area (Å²) in [4.78, 5) is 0. The normalized spacial score (nSPS) is 10.3. The van der Waals surface area contributed by atoms with Gasteiger partial charge < -0.3 is 0 Å². The molecule has 0 fully saturated rings. The van der Waals surface area contributed by atoms with E-state index in [0.29, 0.717) is 5.56 Å². The molecule has 0 aromatic carbocycles. The Morgan fingerprint density at radius 2 is 2.25 bits per heavy atom. The van der Waals surface area contributed by atoms with Crippen molar-refractivity contribution >= 4 is 5.57 Å². The Labute approximate surface area is 71.7 Å². The fraction of sp³-hybridized carbons (Fsp3) is 0.444. The summed E-state index contributed by atoms with van der Waals surface area (Å²) in [6.07, 6.45) is 0.736. The molecule has 0 unspecified atom stereocenters. The van der Waals surface area contributed by atoms with Gasteiger partial charge in [-0.1, -0.05) is 13.5 Å². The predicted molar refractivity (Wildman–Crippen MR) is 47.3 cm³/mol. The molecule has 66 valence electrons. The van der Waals surface area contributed by atoms with E-state index in [1.165, 1.54) is 4.68 Å². The zero-order valence-corrected chi connectivity index (χ0v) is 7.69. The van der Waals surface area contributed by atoms with Gasteiger partial charge in [-0.05, 0) is 18.9 Å². The van der Waals surface area contributed by atoms with Crippen molar-refractivity contribution in [1.29, 1.82) is 0 Å². The Balaban J connectivity index is 3.31. The van der Waals surface area contributed by atoms with Gasteiger partial charge in [0, 0.05) is 7.05 Å². The molecule has 0 amide bonds. The van der Waals surface area contributed by atoms with Crippen LogP contribution in [-0.2, 0) is 13.5 Å². The minimum Gasteiger partial charge on any atom is -0.242 e. The van der Waals surface area contributed by atoms with E-state index in [2.05, 4.69) is 11.7 Å². The molecule has 0 aliphatic carbocycles. The zero-order chi connectivity index (χ0) is 9.30. The predicted octanol–water partition coefficient (Wildman–Crippen LogP) is 2.15. The molecular formula is C9H13FN2. The van der Waals surface area contributed by atoms with Crippen molar-refractivity contribution < 1.29 is 4.39 Å². The van der Waals surface area contributed by atoms with Gasteiger partial charge in [-0.25, -0.2) is 4.68 Å². The molecule has 1 rings (SSSR count). The van der Waals surface area contributed by atoms with Crippen molar-refractivity contribution in [2.24, 2.45) is 7.05 Å². The highest BCUT2D eigenvalue weighted by atomic mass is 19.1. The van der Waals surface area contributed by atoms with Crippen LogP contribution in [0.4, 0.5) is 4.39 Å². The van der Waals surface area contributed by atoms with Crippen molar-refractivity contribution in [1.82, 2.24) is 9.78 Å². The molecule has 0 saturated carbocycles. The Kier molecular flexibility index (Phi) is 2.31. The van der Waals surface area contributed by atoms with Crippen LogP contribution in [-0.4, -0.2) is 9.78 Å². The molecule has 0 atom stereocenters. The summed E-state index contributed by atoms with van der Waals surface area (Å²) >= 11 is 0. The number of nitrogens with zero attached hydrogens (tertiary/aromatic N) is 2. The maximum Gasteiger partial charge on any atom is 0.219 e. The molecule has 0 aliphatic rings. The van der Waals surface area contributed by atoms with Gasteiger partial charge in [0.25, 0.3) is 0 Å². The van der Waals surface area contributed by atoms with Crippen molar-refractivity contribution in [2.45, 2.75) is 20.3 Å². The van der Waals surface area contributed by atoms with Gasteiger partial charge in [0.15, 0.2) is 0 Å². The lowest BCUT2D eigenvalue weighted by atomic mass is 10.1. The van der Waals surface area contributed by atoms with Gasteiger partial charge >= 0.3 is 0 Å². The maximum absolute atomic E-state index is 13.3. The first-order chi connectivity index (χ1) is 5.57. The van der Waals surface area contributed by atoms with E-state index in [4.69, 9.17) is 0 Å². The van der Waals surface area contributed by atoms with Gasteiger partial charge in [0.2, 0.25) is 5.95 Å². The summed E-state index contributed by atoms with van der Waals surface area (Å²) in [6, 6.07) is 0. The van der Waals surface area contributed by atoms with Crippen LogP contribution in [0.1, 0.15) is 25.1 Å². The van der Waals surface area contributed by atoms with Crippen molar-refractivity contribution in [2.75, 3.05) is 0 Å². The van der Waals surface area contributed by atoms with Gasteiger partial charge in [-0.3, -0.25) is 0 Å². The second kappa shape index (κ2) is 3.09. The third-order valence-corrected chi connectivity index (χ3v) is 1.81. The molecule has 12 heavy (non-hydrogen) atoms. The van der Waals surface area contributed by atoms with E-state index in [0.717, 1.165) is 17.7 Å². The number of hydrogen-bond donors (Lipinski definition) is 0.